The van der Waals surface area contributed by atoms with Crippen LogP contribution in [0.4, 0.5) is 0 Å². The lowest BCUT2D eigenvalue weighted by Gasteiger charge is -2.21. The van der Waals surface area contributed by atoms with Gasteiger partial charge < -0.3 is 9.47 Å². The Bertz CT molecular complexity index is 990. The molecule has 1 aliphatic rings. The first-order valence-corrected chi connectivity index (χ1v) is 7.88. The third-order valence-corrected chi connectivity index (χ3v) is 3.85. The Balaban J connectivity index is 1.93. The maximum absolute atomic E-state index is 12.2. The van der Waals surface area contributed by atoms with E-state index in [-0.39, 0.29) is 17.9 Å². The second-order valence-corrected chi connectivity index (χ2v) is 5.68. The SMILES string of the molecule is Cc1ccc2c(c1)OC(=C(C#N)C#N)C=C2COC(=O)c1ccccc1. The summed E-state index contributed by atoms with van der Waals surface area (Å²) < 4.78 is 11.1. The minimum atomic E-state index is -0.446. The Kier molecular flexibility index (Phi) is 4.83. The average Bonchev–Trinajstić information content (AvgIpc) is 2.67. The number of ether oxygens (including phenoxy) is 2. The van der Waals surface area contributed by atoms with Gasteiger partial charge in [0.2, 0.25) is 0 Å². The molecule has 2 aromatic rings. The van der Waals surface area contributed by atoms with Crippen LogP contribution in [-0.4, -0.2) is 12.6 Å². The molecule has 26 heavy (non-hydrogen) atoms. The number of rotatable bonds is 3. The Morgan fingerprint density at radius 3 is 2.54 bits per heavy atom. The Morgan fingerprint density at radius 2 is 1.85 bits per heavy atom. The van der Waals surface area contributed by atoms with E-state index in [1.807, 2.05) is 43.3 Å². The molecule has 0 aliphatic carbocycles. The number of aryl methyl sites for hydroxylation is 1. The van der Waals surface area contributed by atoms with Crippen LogP contribution in [0.15, 0.2) is 65.9 Å². The summed E-state index contributed by atoms with van der Waals surface area (Å²) >= 11 is 0. The zero-order valence-corrected chi connectivity index (χ0v) is 14.0. The number of esters is 1. The molecule has 3 rings (SSSR count). The molecule has 0 bridgehead atoms. The van der Waals surface area contributed by atoms with Gasteiger partial charge in [-0.05, 0) is 36.8 Å². The van der Waals surface area contributed by atoms with Crippen molar-refractivity contribution in [1.82, 2.24) is 0 Å². The number of carbonyl (C=O) groups excluding carboxylic acids is 1. The molecule has 2 aromatic carbocycles. The number of hydrogen-bond donors (Lipinski definition) is 0. The van der Waals surface area contributed by atoms with Crippen LogP contribution in [0.1, 0.15) is 21.5 Å². The van der Waals surface area contributed by atoms with Crippen molar-refractivity contribution in [2.75, 3.05) is 6.61 Å². The summed E-state index contributed by atoms with van der Waals surface area (Å²) in [6, 6.07) is 17.9. The summed E-state index contributed by atoms with van der Waals surface area (Å²) in [5, 5.41) is 18.2. The first kappa shape index (κ1) is 17.0. The topological polar surface area (TPSA) is 83.1 Å². The van der Waals surface area contributed by atoms with Gasteiger partial charge >= 0.3 is 5.97 Å². The van der Waals surface area contributed by atoms with Gasteiger partial charge in [-0.2, -0.15) is 10.5 Å². The van der Waals surface area contributed by atoms with E-state index < -0.39 is 5.97 Å². The van der Waals surface area contributed by atoms with Crippen LogP contribution < -0.4 is 4.74 Å². The van der Waals surface area contributed by atoms with E-state index in [1.165, 1.54) is 0 Å². The van der Waals surface area contributed by atoms with Crippen molar-refractivity contribution in [2.24, 2.45) is 0 Å². The van der Waals surface area contributed by atoms with Crippen LogP contribution in [0.5, 0.6) is 5.75 Å². The molecule has 0 aromatic heterocycles. The van der Waals surface area contributed by atoms with Gasteiger partial charge in [-0.1, -0.05) is 30.3 Å². The van der Waals surface area contributed by atoms with Crippen molar-refractivity contribution in [2.45, 2.75) is 6.92 Å². The Labute approximate surface area is 151 Å². The van der Waals surface area contributed by atoms with Crippen LogP contribution in [-0.2, 0) is 4.74 Å². The molecule has 1 heterocycles. The molecule has 5 heteroatoms. The van der Waals surface area contributed by atoms with E-state index >= 15 is 0 Å². The van der Waals surface area contributed by atoms with Gasteiger partial charge in [-0.15, -0.1) is 0 Å². The molecular formula is C21H14N2O3. The van der Waals surface area contributed by atoms with E-state index in [0.29, 0.717) is 16.9 Å². The van der Waals surface area contributed by atoms with Crippen molar-refractivity contribution >= 4 is 11.5 Å². The van der Waals surface area contributed by atoms with Crippen LogP contribution in [0.3, 0.4) is 0 Å². The van der Waals surface area contributed by atoms with Crippen molar-refractivity contribution < 1.29 is 14.3 Å². The zero-order valence-electron chi connectivity index (χ0n) is 14.0. The number of fused-ring (bicyclic) bond motifs is 1. The maximum Gasteiger partial charge on any atom is 0.338 e. The summed E-state index contributed by atoms with van der Waals surface area (Å²) in [4.78, 5) is 12.2. The lowest BCUT2D eigenvalue weighted by atomic mass is 9.99. The zero-order chi connectivity index (χ0) is 18.5. The third kappa shape index (κ3) is 3.48. The first-order valence-electron chi connectivity index (χ1n) is 7.88. The number of benzene rings is 2. The molecule has 5 nitrogen and oxygen atoms in total. The van der Waals surface area contributed by atoms with Gasteiger partial charge in [0, 0.05) is 11.1 Å². The van der Waals surface area contributed by atoms with Crippen LogP contribution in [0.2, 0.25) is 0 Å². The van der Waals surface area contributed by atoms with Gasteiger partial charge in [0.05, 0.1) is 5.56 Å². The minimum absolute atomic E-state index is 0.000779. The summed E-state index contributed by atoms with van der Waals surface area (Å²) in [6.07, 6.45) is 1.57. The Morgan fingerprint density at radius 1 is 1.12 bits per heavy atom. The predicted octanol–water partition coefficient (Wildman–Crippen LogP) is 3.93. The lowest BCUT2D eigenvalue weighted by Crippen LogP contribution is -2.12. The van der Waals surface area contributed by atoms with Gasteiger partial charge in [0.15, 0.2) is 11.3 Å². The molecule has 126 valence electrons. The average molecular weight is 342 g/mol. The van der Waals surface area contributed by atoms with Crippen molar-refractivity contribution in [1.29, 1.82) is 10.5 Å². The fraction of sp³-hybridized carbons (Fsp3) is 0.0952. The summed E-state index contributed by atoms with van der Waals surface area (Å²) in [7, 11) is 0. The van der Waals surface area contributed by atoms with E-state index in [0.717, 1.165) is 11.1 Å². The highest BCUT2D eigenvalue weighted by Crippen LogP contribution is 2.35. The molecule has 0 radical (unpaired) electrons. The van der Waals surface area contributed by atoms with Gasteiger partial charge in [-0.3, -0.25) is 0 Å². The molecule has 0 unspecified atom stereocenters. The fourth-order valence-corrected chi connectivity index (χ4v) is 2.54. The molecule has 0 amide bonds. The monoisotopic (exact) mass is 342 g/mol. The number of hydrogen-bond acceptors (Lipinski definition) is 5. The summed E-state index contributed by atoms with van der Waals surface area (Å²) in [5.74, 6) is 0.230. The largest absolute Gasteiger partial charge is 0.457 e. The first-order chi connectivity index (χ1) is 12.6. The maximum atomic E-state index is 12.2. The lowest BCUT2D eigenvalue weighted by molar-refractivity contribution is 0.0556. The number of carbonyl (C=O) groups is 1. The van der Waals surface area contributed by atoms with Crippen molar-refractivity contribution in [3.8, 4) is 17.9 Å². The predicted molar refractivity (Wildman–Crippen MR) is 94.8 cm³/mol. The fourth-order valence-electron chi connectivity index (χ4n) is 2.54. The minimum Gasteiger partial charge on any atom is -0.457 e. The molecular weight excluding hydrogens is 328 g/mol. The second kappa shape index (κ2) is 7.38. The Hall–Kier alpha value is -3.83. The van der Waals surface area contributed by atoms with Crippen molar-refractivity contribution in [3.05, 3.63) is 82.6 Å². The molecule has 1 aliphatic heterocycles. The number of nitrogens with zero attached hydrogens (tertiary/aromatic N) is 2. The van der Waals surface area contributed by atoms with Crippen LogP contribution in [0.25, 0.3) is 5.57 Å². The van der Waals surface area contributed by atoms with E-state index in [4.69, 9.17) is 20.0 Å². The molecule has 0 spiro atoms. The smallest absolute Gasteiger partial charge is 0.338 e. The number of allylic oxidation sites excluding steroid dienone is 2. The normalized spacial score (nSPS) is 12.0. The molecule has 0 fully saturated rings. The van der Waals surface area contributed by atoms with Gasteiger partial charge in [-0.25, -0.2) is 4.79 Å². The summed E-state index contributed by atoms with van der Waals surface area (Å²) in [6.45, 7) is 1.91. The third-order valence-electron chi connectivity index (χ3n) is 3.85. The second-order valence-electron chi connectivity index (χ2n) is 5.68. The highest BCUT2D eigenvalue weighted by molar-refractivity contribution is 5.90. The molecule has 0 saturated heterocycles. The van der Waals surface area contributed by atoms with E-state index in [2.05, 4.69) is 0 Å². The quantitative estimate of drug-likeness (QED) is 0.623. The van der Waals surface area contributed by atoms with Crippen molar-refractivity contribution in [3.63, 3.8) is 0 Å². The van der Waals surface area contributed by atoms with Crippen LogP contribution >= 0.6 is 0 Å². The van der Waals surface area contributed by atoms with Crippen LogP contribution in [0, 0.1) is 29.6 Å². The highest BCUT2D eigenvalue weighted by atomic mass is 16.5. The molecule has 0 N–H and O–H groups in total. The standard InChI is InChI=1S/C21H14N2O3/c1-14-7-8-18-16(13-25-21(24)15-5-3-2-4-6-15)10-19(17(11-22)12-23)26-20(18)9-14/h2-10H,13H2,1H3. The summed E-state index contributed by atoms with van der Waals surface area (Å²) in [5.41, 5.74) is 2.71. The van der Waals surface area contributed by atoms with Gasteiger partial charge in [0.25, 0.3) is 0 Å². The van der Waals surface area contributed by atoms with Gasteiger partial charge in [0.1, 0.15) is 24.5 Å². The van der Waals surface area contributed by atoms with E-state index in [9.17, 15) is 4.79 Å². The molecule has 0 atom stereocenters. The number of nitriles is 2. The highest BCUT2D eigenvalue weighted by Gasteiger charge is 2.21. The molecule has 0 saturated carbocycles. The van der Waals surface area contributed by atoms with E-state index in [1.54, 1.807) is 30.3 Å².